The standard InChI is InChI=1S/C14H19ClN4O2S/c1-19(13(20)4-5-22-3)12(14(15)16)9-18-10-6-11(21-2)8-17-7-10/h6-9,12,16H,4-5H2,1-3H3. The van der Waals surface area contributed by atoms with Crippen molar-refractivity contribution in [3.8, 4) is 5.75 Å². The Bertz CT molecular complexity index is 553. The smallest absolute Gasteiger partial charge is 0.224 e. The highest BCUT2D eigenvalue weighted by molar-refractivity contribution is 7.98. The van der Waals surface area contributed by atoms with Gasteiger partial charge in [-0.15, -0.1) is 0 Å². The molecule has 0 radical (unpaired) electrons. The van der Waals surface area contributed by atoms with Crippen LogP contribution in [0.2, 0.25) is 0 Å². The summed E-state index contributed by atoms with van der Waals surface area (Å²) in [5, 5.41) is 7.46. The third-order valence-electron chi connectivity index (χ3n) is 2.89. The maximum Gasteiger partial charge on any atom is 0.224 e. The van der Waals surface area contributed by atoms with Gasteiger partial charge in [-0.05, 0) is 6.26 Å². The van der Waals surface area contributed by atoms with E-state index >= 15 is 0 Å². The second-order valence-electron chi connectivity index (χ2n) is 4.40. The average Bonchev–Trinajstić information content (AvgIpc) is 2.52. The molecule has 0 saturated carbocycles. The van der Waals surface area contributed by atoms with Crippen molar-refractivity contribution >= 4 is 46.3 Å². The Morgan fingerprint density at radius 2 is 2.36 bits per heavy atom. The summed E-state index contributed by atoms with van der Waals surface area (Å²) in [6.07, 6.45) is 6.92. The number of hydrogen-bond acceptors (Lipinski definition) is 6. The monoisotopic (exact) mass is 342 g/mol. The van der Waals surface area contributed by atoms with Crippen molar-refractivity contribution < 1.29 is 9.53 Å². The van der Waals surface area contributed by atoms with Crippen molar-refractivity contribution in [2.24, 2.45) is 4.99 Å². The van der Waals surface area contributed by atoms with Gasteiger partial charge in [-0.2, -0.15) is 11.8 Å². The van der Waals surface area contributed by atoms with Gasteiger partial charge >= 0.3 is 0 Å². The van der Waals surface area contributed by atoms with E-state index in [0.29, 0.717) is 17.9 Å². The highest BCUT2D eigenvalue weighted by Gasteiger charge is 2.21. The van der Waals surface area contributed by atoms with Crippen LogP contribution in [0.25, 0.3) is 0 Å². The number of rotatable bonds is 8. The number of ether oxygens (including phenoxy) is 1. The maximum atomic E-state index is 12.0. The molecular formula is C14H19ClN4O2S. The average molecular weight is 343 g/mol. The number of carbonyl (C=O) groups is 1. The van der Waals surface area contributed by atoms with Crippen LogP contribution in [0.4, 0.5) is 5.69 Å². The number of amides is 1. The van der Waals surface area contributed by atoms with Crippen LogP contribution in [0.3, 0.4) is 0 Å². The van der Waals surface area contributed by atoms with Gasteiger partial charge in [-0.25, -0.2) is 0 Å². The Labute approximate surface area is 139 Å². The molecule has 1 atom stereocenters. The normalized spacial score (nSPS) is 12.2. The lowest BCUT2D eigenvalue weighted by atomic mass is 10.2. The molecule has 6 nitrogen and oxygen atoms in total. The van der Waals surface area contributed by atoms with Gasteiger partial charge in [0.2, 0.25) is 5.91 Å². The van der Waals surface area contributed by atoms with Crippen molar-refractivity contribution in [3.05, 3.63) is 18.5 Å². The summed E-state index contributed by atoms with van der Waals surface area (Å²) in [6, 6.07) is 1.01. The summed E-state index contributed by atoms with van der Waals surface area (Å²) in [5.74, 6) is 1.22. The van der Waals surface area contributed by atoms with Gasteiger partial charge in [0.15, 0.2) is 0 Å². The Hall–Kier alpha value is -1.60. The van der Waals surface area contributed by atoms with E-state index in [1.807, 2.05) is 6.26 Å². The van der Waals surface area contributed by atoms with E-state index < -0.39 is 6.04 Å². The van der Waals surface area contributed by atoms with Crippen molar-refractivity contribution in [3.63, 3.8) is 0 Å². The molecule has 1 rings (SSSR count). The third kappa shape index (κ3) is 5.65. The van der Waals surface area contributed by atoms with Crippen molar-refractivity contribution in [2.45, 2.75) is 12.5 Å². The molecule has 0 bridgehead atoms. The molecule has 1 unspecified atom stereocenters. The number of aliphatic imine (C=N–C) groups is 1. The zero-order valence-electron chi connectivity index (χ0n) is 12.7. The fourth-order valence-electron chi connectivity index (χ4n) is 1.60. The van der Waals surface area contributed by atoms with Crippen LogP contribution < -0.4 is 4.74 Å². The molecular weight excluding hydrogens is 324 g/mol. The maximum absolute atomic E-state index is 12.0. The first-order chi connectivity index (χ1) is 10.5. The van der Waals surface area contributed by atoms with Crippen molar-refractivity contribution in [2.75, 3.05) is 26.2 Å². The predicted molar refractivity (Wildman–Crippen MR) is 92.1 cm³/mol. The molecule has 8 heteroatoms. The molecule has 1 amide bonds. The molecule has 0 fully saturated rings. The predicted octanol–water partition coefficient (Wildman–Crippen LogP) is 2.59. The number of thioether (sulfide) groups is 1. The fraction of sp³-hybridized carbons (Fsp3) is 0.429. The Balaban J connectivity index is 2.84. The SMILES string of the molecule is COc1cncc(N=CC(C(=N)Cl)N(C)C(=O)CCSC)c1. The second kappa shape index (κ2) is 9.42. The van der Waals surface area contributed by atoms with Gasteiger partial charge in [0.05, 0.1) is 25.2 Å². The molecule has 1 heterocycles. The molecule has 1 N–H and O–H groups in total. The van der Waals surface area contributed by atoms with E-state index in [1.165, 1.54) is 11.1 Å². The molecule has 0 aliphatic heterocycles. The molecule has 0 aliphatic rings. The lowest BCUT2D eigenvalue weighted by molar-refractivity contribution is -0.129. The highest BCUT2D eigenvalue weighted by atomic mass is 35.5. The summed E-state index contributed by atoms with van der Waals surface area (Å²) in [4.78, 5) is 21.7. The van der Waals surface area contributed by atoms with Crippen LogP contribution in [0.15, 0.2) is 23.5 Å². The first-order valence-corrected chi connectivity index (χ1v) is 8.28. The van der Waals surface area contributed by atoms with Gasteiger partial charge in [-0.3, -0.25) is 20.2 Å². The second-order valence-corrected chi connectivity index (χ2v) is 5.79. The molecule has 1 aromatic rings. The number of hydrogen-bond donors (Lipinski definition) is 1. The summed E-state index contributed by atoms with van der Waals surface area (Å²) >= 11 is 7.39. The number of carbonyl (C=O) groups excluding carboxylic acids is 1. The van der Waals surface area contributed by atoms with Crippen LogP contribution in [0.1, 0.15) is 6.42 Å². The van der Waals surface area contributed by atoms with Crippen molar-refractivity contribution in [1.29, 1.82) is 5.41 Å². The van der Waals surface area contributed by atoms with Gasteiger partial charge in [-0.1, -0.05) is 11.6 Å². The van der Waals surface area contributed by atoms with Gasteiger partial charge < -0.3 is 9.64 Å². The lowest BCUT2D eigenvalue weighted by Gasteiger charge is -2.23. The van der Waals surface area contributed by atoms with E-state index in [-0.39, 0.29) is 11.1 Å². The van der Waals surface area contributed by atoms with E-state index in [2.05, 4.69) is 9.98 Å². The van der Waals surface area contributed by atoms with Gasteiger partial charge in [0, 0.05) is 31.5 Å². The number of halogens is 1. The number of pyridine rings is 1. The zero-order chi connectivity index (χ0) is 16.5. The van der Waals surface area contributed by atoms with Crippen LogP contribution in [0.5, 0.6) is 5.75 Å². The molecule has 0 aliphatic carbocycles. The van der Waals surface area contributed by atoms with E-state index in [4.69, 9.17) is 21.7 Å². The van der Waals surface area contributed by atoms with Crippen LogP contribution in [-0.2, 0) is 4.79 Å². The topological polar surface area (TPSA) is 78.6 Å². The molecule has 0 aromatic carbocycles. The third-order valence-corrected chi connectivity index (χ3v) is 3.73. The van der Waals surface area contributed by atoms with Gasteiger partial charge in [0.1, 0.15) is 17.0 Å². The van der Waals surface area contributed by atoms with E-state index in [9.17, 15) is 4.79 Å². The molecule has 0 saturated heterocycles. The summed E-state index contributed by atoms with van der Waals surface area (Å²) in [6.45, 7) is 0. The lowest BCUT2D eigenvalue weighted by Crippen LogP contribution is -2.41. The number of aromatic nitrogens is 1. The van der Waals surface area contributed by atoms with E-state index in [1.54, 1.807) is 44.4 Å². The quantitative estimate of drug-likeness (QED) is 0.736. The molecule has 22 heavy (non-hydrogen) atoms. The Kier molecular flexibility index (Phi) is 7.90. The molecule has 0 spiro atoms. The van der Waals surface area contributed by atoms with Crippen molar-refractivity contribution in [1.82, 2.24) is 9.88 Å². The Morgan fingerprint density at radius 1 is 1.64 bits per heavy atom. The van der Waals surface area contributed by atoms with Crippen LogP contribution >= 0.6 is 23.4 Å². The highest BCUT2D eigenvalue weighted by Crippen LogP contribution is 2.17. The summed E-state index contributed by atoms with van der Waals surface area (Å²) in [5.41, 5.74) is 0.562. The number of nitrogens with zero attached hydrogens (tertiary/aromatic N) is 3. The fourth-order valence-corrected chi connectivity index (χ4v) is 2.18. The number of methoxy groups -OCH3 is 1. The first-order valence-electron chi connectivity index (χ1n) is 6.51. The number of nitrogens with one attached hydrogen (secondary N) is 1. The summed E-state index contributed by atoms with van der Waals surface area (Å²) < 4.78 is 5.07. The molecule has 1 aromatic heterocycles. The summed E-state index contributed by atoms with van der Waals surface area (Å²) in [7, 11) is 3.15. The first kappa shape index (κ1) is 18.4. The minimum Gasteiger partial charge on any atom is -0.495 e. The minimum absolute atomic E-state index is 0.0834. The zero-order valence-corrected chi connectivity index (χ0v) is 14.3. The van der Waals surface area contributed by atoms with E-state index in [0.717, 1.165) is 5.75 Å². The van der Waals surface area contributed by atoms with Crippen LogP contribution in [-0.4, -0.2) is 59.4 Å². The van der Waals surface area contributed by atoms with Crippen LogP contribution in [0, 0.1) is 5.41 Å². The largest absolute Gasteiger partial charge is 0.495 e. The molecule has 120 valence electrons. The minimum atomic E-state index is -0.692. The van der Waals surface area contributed by atoms with Gasteiger partial charge in [0.25, 0.3) is 0 Å². The Morgan fingerprint density at radius 3 is 2.95 bits per heavy atom.